The second kappa shape index (κ2) is 4.48. The SMILES string of the molecule is CCOC(=O)c1c[nH]c2c(nc3c(C)cccn32)c1=O. The number of aryl methyl sites for hydroxylation is 1. The highest BCUT2D eigenvalue weighted by molar-refractivity contribution is 5.92. The summed E-state index contributed by atoms with van der Waals surface area (Å²) in [6.07, 6.45) is 3.19. The lowest BCUT2D eigenvalue weighted by Crippen LogP contribution is -2.18. The van der Waals surface area contributed by atoms with E-state index in [1.807, 2.05) is 25.3 Å². The van der Waals surface area contributed by atoms with E-state index in [0.717, 1.165) is 5.56 Å². The minimum atomic E-state index is -0.635. The van der Waals surface area contributed by atoms with Crippen molar-refractivity contribution < 1.29 is 9.53 Å². The van der Waals surface area contributed by atoms with Crippen LogP contribution in [0.15, 0.2) is 29.3 Å². The Kier molecular flexibility index (Phi) is 2.78. The molecule has 6 heteroatoms. The second-order valence-corrected chi connectivity index (χ2v) is 4.45. The van der Waals surface area contributed by atoms with Crippen LogP contribution in [0.5, 0.6) is 0 Å². The van der Waals surface area contributed by atoms with Gasteiger partial charge in [-0.15, -0.1) is 0 Å². The first kappa shape index (κ1) is 12.4. The molecule has 0 bridgehead atoms. The molecule has 0 saturated carbocycles. The van der Waals surface area contributed by atoms with Gasteiger partial charge in [0.15, 0.2) is 5.52 Å². The van der Waals surface area contributed by atoms with Crippen molar-refractivity contribution in [3.05, 3.63) is 45.9 Å². The number of esters is 1. The fraction of sp³-hybridized carbons (Fsp3) is 0.214. The van der Waals surface area contributed by atoms with Gasteiger partial charge in [-0.1, -0.05) is 6.07 Å². The largest absolute Gasteiger partial charge is 0.462 e. The molecule has 0 aliphatic carbocycles. The average Bonchev–Trinajstić information content (AvgIpc) is 2.81. The molecule has 3 heterocycles. The maximum Gasteiger partial charge on any atom is 0.343 e. The summed E-state index contributed by atoms with van der Waals surface area (Å²) in [5.74, 6) is -0.635. The van der Waals surface area contributed by atoms with Crippen LogP contribution < -0.4 is 5.43 Å². The molecule has 3 aromatic heterocycles. The van der Waals surface area contributed by atoms with Crippen LogP contribution in [0, 0.1) is 6.92 Å². The van der Waals surface area contributed by atoms with Gasteiger partial charge >= 0.3 is 5.97 Å². The zero-order valence-electron chi connectivity index (χ0n) is 11.1. The van der Waals surface area contributed by atoms with Crippen LogP contribution in [0.4, 0.5) is 0 Å². The first-order valence-corrected chi connectivity index (χ1v) is 6.29. The quantitative estimate of drug-likeness (QED) is 0.719. The highest BCUT2D eigenvalue weighted by atomic mass is 16.5. The summed E-state index contributed by atoms with van der Waals surface area (Å²) in [5.41, 5.74) is 2.01. The number of carbonyl (C=O) groups excluding carboxylic acids is 1. The Morgan fingerprint density at radius 3 is 3.05 bits per heavy atom. The maximum atomic E-state index is 12.3. The van der Waals surface area contributed by atoms with Gasteiger partial charge in [-0.3, -0.25) is 9.20 Å². The number of hydrogen-bond donors (Lipinski definition) is 1. The minimum absolute atomic E-state index is 0.0274. The molecule has 0 atom stereocenters. The van der Waals surface area contributed by atoms with Crippen LogP contribution in [0.2, 0.25) is 0 Å². The predicted octanol–water partition coefficient (Wildman–Crippen LogP) is 1.66. The molecule has 0 spiro atoms. The fourth-order valence-corrected chi connectivity index (χ4v) is 2.19. The third-order valence-electron chi connectivity index (χ3n) is 3.15. The molecule has 0 aromatic carbocycles. The standard InChI is InChI=1S/C14H13N3O3/c1-3-20-14(19)9-7-15-13-10(11(9)18)16-12-8(2)5-4-6-17(12)13/h4-7H,3H2,1-2H3,(H,15,18). The number of fused-ring (bicyclic) bond motifs is 3. The Bertz CT molecular complexity index is 876. The third-order valence-corrected chi connectivity index (χ3v) is 3.15. The van der Waals surface area contributed by atoms with E-state index in [2.05, 4.69) is 9.97 Å². The number of aromatic amines is 1. The number of rotatable bonds is 2. The lowest BCUT2D eigenvalue weighted by atomic mass is 10.2. The molecule has 3 rings (SSSR count). The molecule has 0 aliphatic heterocycles. The molecule has 0 fully saturated rings. The molecule has 3 aromatic rings. The zero-order chi connectivity index (χ0) is 14.3. The fourth-order valence-electron chi connectivity index (χ4n) is 2.19. The number of ether oxygens (including phenoxy) is 1. The first-order valence-electron chi connectivity index (χ1n) is 6.29. The van der Waals surface area contributed by atoms with Crippen LogP contribution in [0.3, 0.4) is 0 Å². The van der Waals surface area contributed by atoms with E-state index in [-0.39, 0.29) is 17.7 Å². The Balaban J connectivity index is 2.34. The van der Waals surface area contributed by atoms with Crippen molar-refractivity contribution in [3.63, 3.8) is 0 Å². The lowest BCUT2D eigenvalue weighted by molar-refractivity contribution is 0.0524. The van der Waals surface area contributed by atoms with E-state index in [4.69, 9.17) is 4.74 Å². The van der Waals surface area contributed by atoms with Gasteiger partial charge < -0.3 is 9.72 Å². The van der Waals surface area contributed by atoms with Gasteiger partial charge in [-0.2, -0.15) is 0 Å². The summed E-state index contributed by atoms with van der Waals surface area (Å²) >= 11 is 0. The molecule has 6 nitrogen and oxygen atoms in total. The molecule has 0 radical (unpaired) electrons. The van der Waals surface area contributed by atoms with E-state index in [1.54, 1.807) is 11.3 Å². The van der Waals surface area contributed by atoms with Crippen molar-refractivity contribution >= 4 is 22.8 Å². The Morgan fingerprint density at radius 1 is 1.50 bits per heavy atom. The molecule has 0 saturated heterocycles. The smallest absolute Gasteiger partial charge is 0.343 e. The van der Waals surface area contributed by atoms with Crippen molar-refractivity contribution in [2.24, 2.45) is 0 Å². The van der Waals surface area contributed by atoms with Crippen LogP contribution in [0.25, 0.3) is 16.8 Å². The lowest BCUT2D eigenvalue weighted by Gasteiger charge is -2.01. The number of nitrogens with one attached hydrogen (secondary N) is 1. The molecule has 102 valence electrons. The third kappa shape index (κ3) is 1.69. The van der Waals surface area contributed by atoms with Gasteiger partial charge in [0.25, 0.3) is 0 Å². The molecular weight excluding hydrogens is 258 g/mol. The topological polar surface area (TPSA) is 76.5 Å². The predicted molar refractivity (Wildman–Crippen MR) is 74.0 cm³/mol. The number of pyridine rings is 2. The van der Waals surface area contributed by atoms with E-state index in [9.17, 15) is 9.59 Å². The minimum Gasteiger partial charge on any atom is -0.462 e. The van der Waals surface area contributed by atoms with E-state index < -0.39 is 11.4 Å². The van der Waals surface area contributed by atoms with Crippen molar-refractivity contribution in [2.45, 2.75) is 13.8 Å². The first-order chi connectivity index (χ1) is 9.63. The van der Waals surface area contributed by atoms with Gasteiger partial charge in [0.05, 0.1) is 6.61 Å². The van der Waals surface area contributed by atoms with Gasteiger partial charge in [0.2, 0.25) is 5.43 Å². The summed E-state index contributed by atoms with van der Waals surface area (Å²) in [4.78, 5) is 31.3. The van der Waals surface area contributed by atoms with Gasteiger partial charge in [-0.05, 0) is 25.5 Å². The number of H-pyrrole nitrogens is 1. The second-order valence-electron chi connectivity index (χ2n) is 4.45. The van der Waals surface area contributed by atoms with Crippen LogP contribution in [-0.2, 0) is 4.74 Å². The van der Waals surface area contributed by atoms with E-state index in [0.29, 0.717) is 11.3 Å². The van der Waals surface area contributed by atoms with Crippen LogP contribution in [-0.4, -0.2) is 26.9 Å². The average molecular weight is 271 g/mol. The molecule has 20 heavy (non-hydrogen) atoms. The number of nitrogens with zero attached hydrogens (tertiary/aromatic N) is 2. The normalized spacial score (nSPS) is 11.1. The van der Waals surface area contributed by atoms with Gasteiger partial charge in [-0.25, -0.2) is 9.78 Å². The molecule has 0 amide bonds. The molecule has 0 unspecified atom stereocenters. The monoisotopic (exact) mass is 271 g/mol. The number of imidazole rings is 1. The number of aromatic nitrogens is 3. The van der Waals surface area contributed by atoms with Crippen molar-refractivity contribution in [1.82, 2.24) is 14.4 Å². The maximum absolute atomic E-state index is 12.3. The van der Waals surface area contributed by atoms with Crippen LogP contribution in [0.1, 0.15) is 22.8 Å². The number of hydrogen-bond acceptors (Lipinski definition) is 4. The van der Waals surface area contributed by atoms with Gasteiger partial charge in [0, 0.05) is 12.4 Å². The summed E-state index contributed by atoms with van der Waals surface area (Å²) in [6.45, 7) is 3.83. The van der Waals surface area contributed by atoms with Crippen molar-refractivity contribution in [2.75, 3.05) is 6.61 Å². The molecular formula is C14H13N3O3. The summed E-state index contributed by atoms with van der Waals surface area (Å²) in [7, 11) is 0. The summed E-state index contributed by atoms with van der Waals surface area (Å²) in [6, 6.07) is 3.79. The summed E-state index contributed by atoms with van der Waals surface area (Å²) in [5, 5.41) is 0. The van der Waals surface area contributed by atoms with E-state index >= 15 is 0 Å². The van der Waals surface area contributed by atoms with Crippen molar-refractivity contribution in [1.29, 1.82) is 0 Å². The van der Waals surface area contributed by atoms with E-state index in [1.165, 1.54) is 6.20 Å². The van der Waals surface area contributed by atoms with Crippen molar-refractivity contribution in [3.8, 4) is 0 Å². The van der Waals surface area contributed by atoms with Crippen LogP contribution >= 0.6 is 0 Å². The Labute approximate surface area is 114 Å². The number of carbonyl (C=O) groups is 1. The molecule has 0 aliphatic rings. The highest BCUT2D eigenvalue weighted by Crippen LogP contribution is 2.15. The highest BCUT2D eigenvalue weighted by Gasteiger charge is 2.17. The Hall–Kier alpha value is -2.63. The zero-order valence-corrected chi connectivity index (χ0v) is 11.1. The molecule has 1 N–H and O–H groups in total. The van der Waals surface area contributed by atoms with Gasteiger partial charge in [0.1, 0.15) is 16.9 Å². The Morgan fingerprint density at radius 2 is 2.30 bits per heavy atom. The summed E-state index contributed by atoms with van der Waals surface area (Å²) < 4.78 is 6.65.